The number of hydrogen-bond donors (Lipinski definition) is 2. The van der Waals surface area contributed by atoms with Gasteiger partial charge in [-0.15, -0.1) is 0 Å². The van der Waals surface area contributed by atoms with Gasteiger partial charge in [-0.3, -0.25) is 10.1 Å². The molecule has 3 N–H and O–H groups in total. The molecule has 18 heavy (non-hydrogen) atoms. The number of nitrogens with zero attached hydrogens (tertiary/aromatic N) is 1. The Morgan fingerprint density at radius 1 is 1.44 bits per heavy atom. The molecule has 0 heterocycles. The minimum atomic E-state index is -0.401. The van der Waals surface area contributed by atoms with Gasteiger partial charge < -0.3 is 11.1 Å². The van der Waals surface area contributed by atoms with E-state index in [-0.39, 0.29) is 17.8 Å². The van der Waals surface area contributed by atoms with Crippen molar-refractivity contribution >= 4 is 23.0 Å². The van der Waals surface area contributed by atoms with E-state index >= 15 is 0 Å². The molecular weight excluding hydrogens is 254 g/mol. The quantitative estimate of drug-likeness (QED) is 0.653. The van der Waals surface area contributed by atoms with Crippen molar-refractivity contribution in [3.8, 4) is 0 Å². The average molecular weight is 270 g/mol. The number of nitro benzene ring substituents is 1. The molecule has 2 rings (SSSR count). The molecule has 1 fully saturated rings. The third-order valence-corrected chi connectivity index (χ3v) is 3.46. The minimum Gasteiger partial charge on any atom is -0.377 e. The van der Waals surface area contributed by atoms with E-state index in [1.807, 2.05) is 0 Å². The van der Waals surface area contributed by atoms with Gasteiger partial charge in [-0.2, -0.15) is 0 Å². The molecule has 5 nitrogen and oxygen atoms in total. The van der Waals surface area contributed by atoms with Gasteiger partial charge in [0.2, 0.25) is 0 Å². The molecule has 2 unspecified atom stereocenters. The SMILES string of the molecule is NC1CCCC(Nc2cc(Cl)ccc2[N+](=O)[O-])C1. The average Bonchev–Trinajstić information content (AvgIpc) is 2.28. The van der Waals surface area contributed by atoms with Crippen LogP contribution in [0.1, 0.15) is 25.7 Å². The summed E-state index contributed by atoms with van der Waals surface area (Å²) in [5.74, 6) is 0. The maximum Gasteiger partial charge on any atom is 0.292 e. The molecule has 0 radical (unpaired) electrons. The zero-order valence-corrected chi connectivity index (χ0v) is 10.7. The summed E-state index contributed by atoms with van der Waals surface area (Å²) < 4.78 is 0. The normalized spacial score (nSPS) is 23.7. The number of anilines is 1. The van der Waals surface area contributed by atoms with E-state index in [9.17, 15) is 10.1 Å². The first kappa shape index (κ1) is 13.1. The van der Waals surface area contributed by atoms with Crippen molar-refractivity contribution in [2.24, 2.45) is 5.73 Å². The highest BCUT2D eigenvalue weighted by atomic mass is 35.5. The van der Waals surface area contributed by atoms with Gasteiger partial charge in [0.25, 0.3) is 5.69 Å². The standard InChI is InChI=1S/C12H16ClN3O2/c13-8-4-5-12(16(17)18)11(6-8)15-10-3-1-2-9(14)7-10/h4-6,9-10,15H,1-3,7,14H2. The van der Waals surface area contributed by atoms with E-state index < -0.39 is 4.92 Å². The zero-order valence-electron chi connectivity index (χ0n) is 9.93. The lowest BCUT2D eigenvalue weighted by Crippen LogP contribution is -2.35. The third kappa shape index (κ3) is 3.11. The fraction of sp³-hybridized carbons (Fsp3) is 0.500. The second kappa shape index (κ2) is 5.54. The highest BCUT2D eigenvalue weighted by molar-refractivity contribution is 6.31. The summed E-state index contributed by atoms with van der Waals surface area (Å²) in [6, 6.07) is 4.91. The molecule has 0 aromatic heterocycles. The summed E-state index contributed by atoms with van der Waals surface area (Å²) in [5.41, 5.74) is 6.44. The van der Waals surface area contributed by atoms with Gasteiger partial charge in [0.05, 0.1) is 4.92 Å². The van der Waals surface area contributed by atoms with Crippen molar-refractivity contribution in [1.29, 1.82) is 0 Å². The van der Waals surface area contributed by atoms with Crippen molar-refractivity contribution < 1.29 is 4.92 Å². The first-order valence-corrected chi connectivity index (χ1v) is 6.40. The summed E-state index contributed by atoms with van der Waals surface area (Å²) in [7, 11) is 0. The Hall–Kier alpha value is -1.33. The van der Waals surface area contributed by atoms with Crippen LogP contribution in [0.5, 0.6) is 0 Å². The number of nitrogens with one attached hydrogen (secondary N) is 1. The van der Waals surface area contributed by atoms with Gasteiger partial charge in [-0.05, 0) is 37.8 Å². The molecule has 6 heteroatoms. The van der Waals surface area contributed by atoms with E-state index in [0.29, 0.717) is 10.7 Å². The lowest BCUT2D eigenvalue weighted by molar-refractivity contribution is -0.384. The molecule has 0 amide bonds. The monoisotopic (exact) mass is 269 g/mol. The first-order chi connectivity index (χ1) is 8.56. The lowest BCUT2D eigenvalue weighted by atomic mass is 9.91. The second-order valence-corrected chi connectivity index (χ2v) is 5.12. The van der Waals surface area contributed by atoms with E-state index in [4.69, 9.17) is 17.3 Å². The summed E-state index contributed by atoms with van der Waals surface area (Å²) in [6.45, 7) is 0. The van der Waals surface area contributed by atoms with Crippen LogP contribution in [0.4, 0.5) is 11.4 Å². The molecule has 1 aromatic carbocycles. The van der Waals surface area contributed by atoms with Crippen LogP contribution in [0, 0.1) is 10.1 Å². The molecule has 0 saturated heterocycles. The van der Waals surface area contributed by atoms with Crippen LogP contribution >= 0.6 is 11.6 Å². The Labute approximate surface area is 110 Å². The molecule has 2 atom stereocenters. The largest absolute Gasteiger partial charge is 0.377 e. The van der Waals surface area contributed by atoms with Crippen molar-refractivity contribution in [2.75, 3.05) is 5.32 Å². The van der Waals surface area contributed by atoms with Crippen LogP contribution in [0.2, 0.25) is 5.02 Å². The topological polar surface area (TPSA) is 81.2 Å². The molecule has 0 bridgehead atoms. The highest BCUT2D eigenvalue weighted by Gasteiger charge is 2.22. The lowest BCUT2D eigenvalue weighted by Gasteiger charge is -2.28. The van der Waals surface area contributed by atoms with E-state index in [2.05, 4.69) is 5.32 Å². The van der Waals surface area contributed by atoms with Crippen LogP contribution < -0.4 is 11.1 Å². The van der Waals surface area contributed by atoms with Crippen molar-refractivity contribution in [3.05, 3.63) is 33.3 Å². The number of rotatable bonds is 3. The van der Waals surface area contributed by atoms with Gasteiger partial charge in [0, 0.05) is 23.2 Å². The van der Waals surface area contributed by atoms with Gasteiger partial charge in [0.15, 0.2) is 0 Å². The summed E-state index contributed by atoms with van der Waals surface area (Å²) in [6.07, 6.45) is 3.89. The number of halogens is 1. The van der Waals surface area contributed by atoms with Crippen LogP contribution in [0.3, 0.4) is 0 Å². The predicted octanol–water partition coefficient (Wildman–Crippen LogP) is 2.93. The van der Waals surface area contributed by atoms with Crippen molar-refractivity contribution in [3.63, 3.8) is 0 Å². The Morgan fingerprint density at radius 3 is 2.89 bits per heavy atom. The number of nitro groups is 1. The maximum absolute atomic E-state index is 10.9. The van der Waals surface area contributed by atoms with E-state index in [0.717, 1.165) is 25.7 Å². The zero-order chi connectivity index (χ0) is 13.1. The van der Waals surface area contributed by atoms with E-state index in [1.54, 1.807) is 6.07 Å². The minimum absolute atomic E-state index is 0.0542. The molecule has 1 saturated carbocycles. The Bertz CT molecular complexity index is 453. The fourth-order valence-corrected chi connectivity index (χ4v) is 2.53. The molecule has 1 aliphatic rings. The Balaban J connectivity index is 2.16. The Morgan fingerprint density at radius 2 is 2.22 bits per heavy atom. The summed E-state index contributed by atoms with van der Waals surface area (Å²) >= 11 is 5.88. The molecule has 98 valence electrons. The molecule has 0 aliphatic heterocycles. The maximum atomic E-state index is 10.9. The molecular formula is C12H16ClN3O2. The van der Waals surface area contributed by atoms with Gasteiger partial charge in [0.1, 0.15) is 5.69 Å². The highest BCUT2D eigenvalue weighted by Crippen LogP contribution is 2.30. The summed E-state index contributed by atoms with van der Waals surface area (Å²) in [4.78, 5) is 10.5. The number of benzene rings is 1. The Kier molecular flexibility index (Phi) is 4.04. The first-order valence-electron chi connectivity index (χ1n) is 6.02. The molecule has 1 aromatic rings. The van der Waals surface area contributed by atoms with Crippen molar-refractivity contribution in [2.45, 2.75) is 37.8 Å². The van der Waals surface area contributed by atoms with Crippen LogP contribution in [0.15, 0.2) is 18.2 Å². The fourth-order valence-electron chi connectivity index (χ4n) is 2.36. The van der Waals surface area contributed by atoms with Crippen LogP contribution in [-0.2, 0) is 0 Å². The van der Waals surface area contributed by atoms with Crippen LogP contribution in [-0.4, -0.2) is 17.0 Å². The number of nitrogens with two attached hydrogens (primary N) is 1. The smallest absolute Gasteiger partial charge is 0.292 e. The van der Waals surface area contributed by atoms with E-state index in [1.165, 1.54) is 12.1 Å². The third-order valence-electron chi connectivity index (χ3n) is 3.23. The second-order valence-electron chi connectivity index (χ2n) is 4.69. The van der Waals surface area contributed by atoms with Crippen LogP contribution in [0.25, 0.3) is 0 Å². The van der Waals surface area contributed by atoms with Gasteiger partial charge in [-0.25, -0.2) is 0 Å². The molecule has 0 spiro atoms. The number of hydrogen-bond acceptors (Lipinski definition) is 4. The van der Waals surface area contributed by atoms with Crippen molar-refractivity contribution in [1.82, 2.24) is 0 Å². The molecule has 1 aliphatic carbocycles. The van der Waals surface area contributed by atoms with Gasteiger partial charge in [-0.1, -0.05) is 11.6 Å². The predicted molar refractivity (Wildman–Crippen MR) is 72.0 cm³/mol. The van der Waals surface area contributed by atoms with Gasteiger partial charge >= 0.3 is 0 Å². The summed E-state index contributed by atoms with van der Waals surface area (Å²) in [5, 5.41) is 14.6.